The highest BCUT2D eigenvalue weighted by atomic mass is 16.5. The van der Waals surface area contributed by atoms with E-state index in [2.05, 4.69) is 29.1 Å². The number of rotatable bonds is 10. The van der Waals surface area contributed by atoms with Gasteiger partial charge in [-0.25, -0.2) is 4.98 Å². The zero-order chi connectivity index (χ0) is 13.9. The van der Waals surface area contributed by atoms with Crippen LogP contribution in [0.15, 0.2) is 6.07 Å². The number of ether oxygens (including phenoxy) is 2. The van der Waals surface area contributed by atoms with Crippen molar-refractivity contribution in [3.05, 3.63) is 11.9 Å². The van der Waals surface area contributed by atoms with Crippen LogP contribution in [0.4, 0.5) is 5.82 Å². The van der Waals surface area contributed by atoms with Gasteiger partial charge in [0, 0.05) is 19.2 Å². The van der Waals surface area contributed by atoms with Crippen molar-refractivity contribution >= 4 is 5.82 Å². The summed E-state index contributed by atoms with van der Waals surface area (Å²) < 4.78 is 11.0. The number of nitrogens with zero attached hydrogens (tertiary/aromatic N) is 2. The van der Waals surface area contributed by atoms with Crippen LogP contribution in [0.5, 0.6) is 5.88 Å². The second kappa shape index (κ2) is 9.55. The van der Waals surface area contributed by atoms with Crippen LogP contribution in [-0.4, -0.2) is 29.7 Å². The minimum Gasteiger partial charge on any atom is -0.478 e. The molecule has 1 aromatic rings. The van der Waals surface area contributed by atoms with Gasteiger partial charge in [0.25, 0.3) is 0 Å². The first kappa shape index (κ1) is 15.7. The van der Waals surface area contributed by atoms with Crippen molar-refractivity contribution in [2.45, 2.75) is 46.6 Å². The van der Waals surface area contributed by atoms with Gasteiger partial charge in [0.05, 0.1) is 6.61 Å². The minimum absolute atomic E-state index is 0.419. The molecule has 0 spiro atoms. The van der Waals surface area contributed by atoms with E-state index in [4.69, 9.17) is 9.47 Å². The summed E-state index contributed by atoms with van der Waals surface area (Å²) in [6, 6.07) is 1.85. The van der Waals surface area contributed by atoms with Crippen molar-refractivity contribution in [1.82, 2.24) is 9.97 Å². The van der Waals surface area contributed by atoms with E-state index in [0.717, 1.165) is 31.6 Å². The Labute approximate surface area is 115 Å². The van der Waals surface area contributed by atoms with E-state index in [1.807, 2.05) is 13.0 Å². The van der Waals surface area contributed by atoms with E-state index < -0.39 is 0 Å². The smallest absolute Gasteiger partial charge is 0.218 e. The molecule has 0 amide bonds. The zero-order valence-electron chi connectivity index (χ0n) is 12.2. The first-order valence-corrected chi connectivity index (χ1v) is 7.12. The fourth-order valence-corrected chi connectivity index (χ4v) is 1.47. The summed E-state index contributed by atoms with van der Waals surface area (Å²) in [6.07, 6.45) is 3.19. The molecule has 0 aromatic carbocycles. The van der Waals surface area contributed by atoms with Gasteiger partial charge in [-0.1, -0.05) is 20.3 Å². The molecule has 0 saturated heterocycles. The van der Waals surface area contributed by atoms with Gasteiger partial charge in [0.2, 0.25) is 5.88 Å². The van der Waals surface area contributed by atoms with Crippen molar-refractivity contribution in [1.29, 1.82) is 0 Å². The molecular formula is C14H25N3O2. The van der Waals surface area contributed by atoms with Gasteiger partial charge in [0.15, 0.2) is 5.82 Å². The van der Waals surface area contributed by atoms with E-state index >= 15 is 0 Å². The van der Waals surface area contributed by atoms with E-state index in [0.29, 0.717) is 31.5 Å². The second-order valence-electron chi connectivity index (χ2n) is 4.27. The molecule has 1 rings (SSSR count). The maximum Gasteiger partial charge on any atom is 0.218 e. The minimum atomic E-state index is 0.419. The van der Waals surface area contributed by atoms with Crippen LogP contribution in [0.2, 0.25) is 0 Å². The number of hydrogen-bond donors (Lipinski definition) is 1. The molecular weight excluding hydrogens is 242 g/mol. The highest BCUT2D eigenvalue weighted by molar-refractivity contribution is 5.38. The number of hydrogen-bond acceptors (Lipinski definition) is 5. The molecule has 0 aliphatic heterocycles. The van der Waals surface area contributed by atoms with Gasteiger partial charge in [-0.15, -0.1) is 0 Å². The Morgan fingerprint density at radius 1 is 1.16 bits per heavy atom. The molecule has 108 valence electrons. The first-order valence-electron chi connectivity index (χ1n) is 7.12. The molecule has 0 aliphatic carbocycles. The topological polar surface area (TPSA) is 56.3 Å². The fourth-order valence-electron chi connectivity index (χ4n) is 1.47. The molecule has 1 heterocycles. The summed E-state index contributed by atoms with van der Waals surface area (Å²) in [5, 5.41) is 3.26. The lowest BCUT2D eigenvalue weighted by Crippen LogP contribution is -2.08. The molecule has 1 N–H and O–H groups in total. The van der Waals surface area contributed by atoms with Crippen LogP contribution < -0.4 is 10.1 Å². The van der Waals surface area contributed by atoms with E-state index in [1.54, 1.807) is 0 Å². The van der Waals surface area contributed by atoms with Crippen molar-refractivity contribution in [3.63, 3.8) is 0 Å². The van der Waals surface area contributed by atoms with Gasteiger partial charge >= 0.3 is 0 Å². The lowest BCUT2D eigenvalue weighted by molar-refractivity contribution is 0.127. The number of anilines is 1. The second-order valence-corrected chi connectivity index (χ2v) is 4.27. The highest BCUT2D eigenvalue weighted by Gasteiger charge is 2.05. The van der Waals surface area contributed by atoms with Gasteiger partial charge in [-0.05, 0) is 19.8 Å². The fraction of sp³-hybridized carbons (Fsp3) is 0.714. The third-order valence-electron chi connectivity index (χ3n) is 2.49. The van der Waals surface area contributed by atoms with Crippen molar-refractivity contribution in [2.24, 2.45) is 0 Å². The zero-order valence-corrected chi connectivity index (χ0v) is 12.2. The van der Waals surface area contributed by atoms with Crippen LogP contribution in [0.3, 0.4) is 0 Å². The Morgan fingerprint density at radius 2 is 2.00 bits per heavy atom. The van der Waals surface area contributed by atoms with Gasteiger partial charge in [-0.3, -0.25) is 0 Å². The largest absolute Gasteiger partial charge is 0.478 e. The van der Waals surface area contributed by atoms with Crippen molar-refractivity contribution in [3.8, 4) is 5.88 Å². The number of unbranched alkanes of at least 4 members (excludes halogenated alkanes) is 1. The Hall–Kier alpha value is -1.36. The number of nitrogens with one attached hydrogen (secondary N) is 1. The molecule has 5 heteroatoms. The van der Waals surface area contributed by atoms with Crippen LogP contribution >= 0.6 is 0 Å². The third-order valence-corrected chi connectivity index (χ3v) is 2.49. The summed E-state index contributed by atoms with van der Waals surface area (Å²) in [5.74, 6) is 2.09. The Balaban J connectivity index is 2.70. The standard InChI is InChI=1S/C14H25N3O2/c1-4-7-9-19-14-10-12(15-8-5-2)16-13(17-14)11-18-6-3/h10H,4-9,11H2,1-3H3,(H,15,16,17). The van der Waals surface area contributed by atoms with E-state index in [9.17, 15) is 0 Å². The first-order chi connectivity index (χ1) is 9.30. The molecule has 5 nitrogen and oxygen atoms in total. The molecule has 0 fully saturated rings. The highest BCUT2D eigenvalue weighted by Crippen LogP contribution is 2.14. The molecule has 1 aromatic heterocycles. The summed E-state index contributed by atoms with van der Waals surface area (Å²) >= 11 is 0. The quantitative estimate of drug-likeness (QED) is 0.660. The molecule has 0 aliphatic rings. The van der Waals surface area contributed by atoms with E-state index in [1.165, 1.54) is 0 Å². The van der Waals surface area contributed by atoms with Crippen LogP contribution in [0, 0.1) is 0 Å². The Bertz CT molecular complexity index is 332. The van der Waals surface area contributed by atoms with Crippen LogP contribution in [-0.2, 0) is 11.3 Å². The molecule has 0 unspecified atom stereocenters. The third kappa shape index (κ3) is 6.38. The predicted octanol–water partition coefficient (Wildman–Crippen LogP) is 3.01. The molecule has 19 heavy (non-hydrogen) atoms. The molecule has 0 saturated carbocycles. The lowest BCUT2D eigenvalue weighted by atomic mass is 10.4. The Morgan fingerprint density at radius 3 is 2.68 bits per heavy atom. The average molecular weight is 267 g/mol. The number of aromatic nitrogens is 2. The summed E-state index contributed by atoms with van der Waals surface area (Å²) in [4.78, 5) is 8.76. The normalized spacial score (nSPS) is 10.5. The van der Waals surface area contributed by atoms with Gasteiger partial charge in [-0.2, -0.15) is 4.98 Å². The van der Waals surface area contributed by atoms with Crippen LogP contribution in [0.25, 0.3) is 0 Å². The summed E-state index contributed by atoms with van der Waals surface area (Å²) in [5.41, 5.74) is 0. The summed E-state index contributed by atoms with van der Waals surface area (Å²) in [6.45, 7) is 8.86. The molecule has 0 radical (unpaired) electrons. The van der Waals surface area contributed by atoms with Crippen molar-refractivity contribution in [2.75, 3.05) is 25.1 Å². The van der Waals surface area contributed by atoms with Gasteiger partial charge < -0.3 is 14.8 Å². The van der Waals surface area contributed by atoms with Gasteiger partial charge in [0.1, 0.15) is 12.4 Å². The Kier molecular flexibility index (Phi) is 7.89. The maximum absolute atomic E-state index is 5.64. The molecule has 0 atom stereocenters. The molecule has 0 bridgehead atoms. The summed E-state index contributed by atoms with van der Waals surface area (Å²) in [7, 11) is 0. The van der Waals surface area contributed by atoms with E-state index in [-0.39, 0.29) is 0 Å². The van der Waals surface area contributed by atoms with Crippen molar-refractivity contribution < 1.29 is 9.47 Å². The average Bonchev–Trinajstić information content (AvgIpc) is 2.43. The lowest BCUT2D eigenvalue weighted by Gasteiger charge is -2.10. The predicted molar refractivity (Wildman–Crippen MR) is 76.5 cm³/mol. The maximum atomic E-state index is 5.64. The van der Waals surface area contributed by atoms with Crippen LogP contribution in [0.1, 0.15) is 45.9 Å². The SMILES string of the molecule is CCCCOc1cc(NCCC)nc(COCC)n1. The monoisotopic (exact) mass is 267 g/mol.